The Kier molecular flexibility index (Phi) is 5.22. The molecular weight excluding hydrogens is 349 g/mol. The van der Waals surface area contributed by atoms with Crippen molar-refractivity contribution in [3.8, 4) is 0 Å². The monoisotopic (exact) mass is 370 g/mol. The van der Waals surface area contributed by atoms with E-state index in [2.05, 4.69) is 0 Å². The molecule has 142 valence electrons. The molecule has 2 fully saturated rings. The number of morpholine rings is 1. The van der Waals surface area contributed by atoms with Crippen LogP contribution in [0.2, 0.25) is 0 Å². The average Bonchev–Trinajstić information content (AvgIpc) is 2.94. The third kappa shape index (κ3) is 3.85. The van der Waals surface area contributed by atoms with Crippen molar-refractivity contribution in [3.05, 3.63) is 35.9 Å². The highest BCUT2D eigenvalue weighted by atomic mass is 19.4. The lowest BCUT2D eigenvalue weighted by molar-refractivity contribution is -0.231. The summed E-state index contributed by atoms with van der Waals surface area (Å²) in [6, 6.07) is 7.32. The molecule has 0 radical (unpaired) electrons. The summed E-state index contributed by atoms with van der Waals surface area (Å²) in [7, 11) is 0. The Balaban J connectivity index is 1.70. The van der Waals surface area contributed by atoms with E-state index in [1.54, 1.807) is 0 Å². The Morgan fingerprint density at radius 2 is 1.96 bits per heavy atom. The Bertz CT molecular complexity index is 665. The van der Waals surface area contributed by atoms with E-state index in [0.29, 0.717) is 6.54 Å². The summed E-state index contributed by atoms with van der Waals surface area (Å²) >= 11 is 0. The van der Waals surface area contributed by atoms with Crippen LogP contribution in [0.25, 0.3) is 0 Å². The maximum absolute atomic E-state index is 13.4. The standard InChI is InChI=1S/C18H21F3N2O3/c1-12-16(18(19,20)21)23(7-8-26-12)17(25)14-9-15(24)22(11-14)10-13-5-3-2-4-6-13/h2-6,12,14,16H,7-11H2,1H3/t12-,14?,16-/m0/s1. The normalized spacial score (nSPS) is 27.1. The van der Waals surface area contributed by atoms with Gasteiger partial charge in [0.05, 0.1) is 18.6 Å². The molecule has 26 heavy (non-hydrogen) atoms. The van der Waals surface area contributed by atoms with E-state index in [9.17, 15) is 22.8 Å². The van der Waals surface area contributed by atoms with E-state index in [-0.39, 0.29) is 32.0 Å². The molecular formula is C18H21F3N2O3. The molecule has 0 aliphatic carbocycles. The maximum Gasteiger partial charge on any atom is 0.411 e. The van der Waals surface area contributed by atoms with Crippen molar-refractivity contribution in [2.75, 3.05) is 19.7 Å². The molecule has 3 atom stereocenters. The van der Waals surface area contributed by atoms with Gasteiger partial charge >= 0.3 is 6.18 Å². The van der Waals surface area contributed by atoms with Gasteiger partial charge in [0.1, 0.15) is 0 Å². The molecule has 0 N–H and O–H groups in total. The zero-order valence-corrected chi connectivity index (χ0v) is 14.4. The molecule has 0 saturated carbocycles. The number of hydrogen-bond donors (Lipinski definition) is 0. The van der Waals surface area contributed by atoms with Crippen LogP contribution in [0, 0.1) is 5.92 Å². The van der Waals surface area contributed by atoms with Crippen LogP contribution in [0.15, 0.2) is 30.3 Å². The second-order valence-corrected chi connectivity index (χ2v) is 6.75. The maximum atomic E-state index is 13.4. The van der Waals surface area contributed by atoms with Gasteiger partial charge in [0.25, 0.3) is 0 Å². The van der Waals surface area contributed by atoms with Gasteiger partial charge in [-0.1, -0.05) is 30.3 Å². The first-order valence-corrected chi connectivity index (χ1v) is 8.58. The largest absolute Gasteiger partial charge is 0.411 e. The zero-order chi connectivity index (χ0) is 18.9. The molecule has 2 heterocycles. The van der Waals surface area contributed by atoms with Gasteiger partial charge in [-0.25, -0.2) is 0 Å². The van der Waals surface area contributed by atoms with Gasteiger partial charge in [-0.05, 0) is 12.5 Å². The highest BCUT2D eigenvalue weighted by molar-refractivity contribution is 5.89. The minimum absolute atomic E-state index is 0.0536. The third-order valence-electron chi connectivity index (χ3n) is 4.89. The number of benzene rings is 1. The summed E-state index contributed by atoms with van der Waals surface area (Å²) in [5.41, 5.74) is 0.919. The van der Waals surface area contributed by atoms with Crippen molar-refractivity contribution in [1.29, 1.82) is 0 Å². The first-order chi connectivity index (χ1) is 12.3. The summed E-state index contributed by atoms with van der Waals surface area (Å²) < 4.78 is 45.2. The van der Waals surface area contributed by atoms with Gasteiger partial charge in [0.2, 0.25) is 11.8 Å². The van der Waals surface area contributed by atoms with Gasteiger partial charge in [0.15, 0.2) is 6.04 Å². The molecule has 5 nitrogen and oxygen atoms in total. The van der Waals surface area contributed by atoms with Crippen LogP contribution < -0.4 is 0 Å². The molecule has 2 aliphatic heterocycles. The highest BCUT2D eigenvalue weighted by Gasteiger charge is 2.52. The summed E-state index contributed by atoms with van der Waals surface area (Å²) in [5, 5.41) is 0. The van der Waals surface area contributed by atoms with Crippen molar-refractivity contribution in [2.24, 2.45) is 5.92 Å². The van der Waals surface area contributed by atoms with Gasteiger partial charge < -0.3 is 14.5 Å². The summed E-state index contributed by atoms with van der Waals surface area (Å²) in [6.45, 7) is 1.76. The second-order valence-electron chi connectivity index (χ2n) is 6.75. The van der Waals surface area contributed by atoms with Crippen LogP contribution in [0.3, 0.4) is 0 Å². The summed E-state index contributed by atoms with van der Waals surface area (Å²) in [6.07, 6.45) is -5.74. The predicted octanol–water partition coefficient (Wildman–Crippen LogP) is 2.21. The Morgan fingerprint density at radius 3 is 2.62 bits per heavy atom. The van der Waals surface area contributed by atoms with E-state index in [1.165, 1.54) is 11.8 Å². The van der Waals surface area contributed by atoms with E-state index < -0.39 is 30.1 Å². The van der Waals surface area contributed by atoms with E-state index in [0.717, 1.165) is 10.5 Å². The number of ether oxygens (including phenoxy) is 1. The fourth-order valence-corrected chi connectivity index (χ4v) is 3.64. The number of nitrogens with zero attached hydrogens (tertiary/aromatic N) is 2. The first kappa shape index (κ1) is 18.7. The number of hydrogen-bond acceptors (Lipinski definition) is 3. The highest BCUT2D eigenvalue weighted by Crippen LogP contribution is 2.33. The topological polar surface area (TPSA) is 49.9 Å². The van der Waals surface area contributed by atoms with Crippen molar-refractivity contribution < 1.29 is 27.5 Å². The van der Waals surface area contributed by atoms with E-state index >= 15 is 0 Å². The molecule has 1 aromatic rings. The Labute approximate surface area is 149 Å². The smallest absolute Gasteiger partial charge is 0.374 e. The molecule has 2 amide bonds. The van der Waals surface area contributed by atoms with E-state index in [4.69, 9.17) is 4.74 Å². The van der Waals surface area contributed by atoms with Crippen LogP contribution in [0.1, 0.15) is 18.9 Å². The number of rotatable bonds is 3. The quantitative estimate of drug-likeness (QED) is 0.820. The SMILES string of the molecule is C[C@@H]1OCCN(C(=O)C2CC(=O)N(Cc3ccccc3)C2)[C@@H]1C(F)(F)F. The number of carbonyl (C=O) groups is 2. The lowest BCUT2D eigenvalue weighted by Crippen LogP contribution is -2.60. The van der Waals surface area contributed by atoms with Crippen LogP contribution in [0.5, 0.6) is 0 Å². The van der Waals surface area contributed by atoms with E-state index in [1.807, 2.05) is 30.3 Å². The number of halogens is 3. The molecule has 8 heteroatoms. The summed E-state index contributed by atoms with van der Waals surface area (Å²) in [5.74, 6) is -1.58. The molecule has 3 rings (SSSR count). The van der Waals surface area contributed by atoms with Crippen LogP contribution in [0.4, 0.5) is 13.2 Å². The lowest BCUT2D eigenvalue weighted by Gasteiger charge is -2.41. The Hall–Kier alpha value is -2.09. The number of carbonyl (C=O) groups excluding carboxylic acids is 2. The fraction of sp³-hybridized carbons (Fsp3) is 0.556. The van der Waals surface area contributed by atoms with Gasteiger partial charge in [-0.2, -0.15) is 13.2 Å². The second kappa shape index (κ2) is 7.26. The molecule has 0 bridgehead atoms. The molecule has 1 aromatic carbocycles. The van der Waals surface area contributed by atoms with Gasteiger partial charge in [0, 0.05) is 26.1 Å². The van der Waals surface area contributed by atoms with Crippen LogP contribution >= 0.6 is 0 Å². The molecule has 0 spiro atoms. The van der Waals surface area contributed by atoms with Crippen molar-refractivity contribution in [2.45, 2.75) is 38.2 Å². The predicted molar refractivity (Wildman–Crippen MR) is 86.9 cm³/mol. The summed E-state index contributed by atoms with van der Waals surface area (Å²) in [4.78, 5) is 27.3. The van der Waals surface area contributed by atoms with Crippen molar-refractivity contribution >= 4 is 11.8 Å². The third-order valence-corrected chi connectivity index (χ3v) is 4.89. The minimum atomic E-state index is -4.57. The number of alkyl halides is 3. The van der Waals surface area contributed by atoms with Crippen LogP contribution in [-0.2, 0) is 20.9 Å². The molecule has 2 saturated heterocycles. The van der Waals surface area contributed by atoms with Crippen LogP contribution in [-0.4, -0.2) is 59.6 Å². The Morgan fingerprint density at radius 1 is 1.27 bits per heavy atom. The van der Waals surface area contributed by atoms with Crippen molar-refractivity contribution in [1.82, 2.24) is 9.80 Å². The number of likely N-dealkylation sites (tertiary alicyclic amines) is 1. The average molecular weight is 370 g/mol. The molecule has 1 unspecified atom stereocenters. The molecule has 2 aliphatic rings. The number of amides is 2. The zero-order valence-electron chi connectivity index (χ0n) is 14.4. The van der Waals surface area contributed by atoms with Gasteiger partial charge in [-0.15, -0.1) is 0 Å². The lowest BCUT2D eigenvalue weighted by atomic mass is 10.0. The molecule has 0 aromatic heterocycles. The fourth-order valence-electron chi connectivity index (χ4n) is 3.64. The van der Waals surface area contributed by atoms with Crippen molar-refractivity contribution in [3.63, 3.8) is 0 Å². The first-order valence-electron chi connectivity index (χ1n) is 8.58. The minimum Gasteiger partial charge on any atom is -0.374 e. The van der Waals surface area contributed by atoms with Gasteiger partial charge in [-0.3, -0.25) is 9.59 Å².